The minimum atomic E-state index is -1.86. The predicted molar refractivity (Wildman–Crippen MR) is 110 cm³/mol. The van der Waals surface area contributed by atoms with Gasteiger partial charge in [0.1, 0.15) is 5.76 Å². The summed E-state index contributed by atoms with van der Waals surface area (Å²) in [6.45, 7) is 0.429. The number of furan rings is 1. The number of rotatable bonds is 7. The molecule has 5 nitrogen and oxygen atoms in total. The second kappa shape index (κ2) is 7.89. The van der Waals surface area contributed by atoms with Crippen LogP contribution in [-0.4, -0.2) is 23.3 Å². The Kier molecular flexibility index (Phi) is 5.14. The van der Waals surface area contributed by atoms with E-state index in [0.717, 1.165) is 5.56 Å². The lowest BCUT2D eigenvalue weighted by Gasteiger charge is -2.22. The summed E-state index contributed by atoms with van der Waals surface area (Å²) in [7, 11) is 0. The molecule has 0 radical (unpaired) electrons. The molecule has 1 amide bonds. The number of aliphatic hydroxyl groups is 1. The molecule has 1 aliphatic rings. The molecule has 146 valence electrons. The quantitative estimate of drug-likeness (QED) is 0.627. The Morgan fingerprint density at radius 3 is 2.55 bits per heavy atom. The number of anilines is 1. The second-order valence-corrected chi connectivity index (χ2v) is 7.06. The van der Waals surface area contributed by atoms with Crippen LogP contribution in [0.4, 0.5) is 5.69 Å². The molecule has 1 N–H and O–H groups in total. The van der Waals surface area contributed by atoms with Gasteiger partial charge in [-0.15, -0.1) is 0 Å². The first-order chi connectivity index (χ1) is 14.1. The number of amides is 1. The fourth-order valence-corrected chi connectivity index (χ4v) is 3.66. The summed E-state index contributed by atoms with van der Waals surface area (Å²) >= 11 is 0. The molecule has 1 aliphatic heterocycles. The topological polar surface area (TPSA) is 70.7 Å². The van der Waals surface area contributed by atoms with Gasteiger partial charge in [-0.1, -0.05) is 48.5 Å². The average Bonchev–Trinajstić information content (AvgIpc) is 3.33. The number of ketones is 1. The first-order valence-electron chi connectivity index (χ1n) is 9.50. The summed E-state index contributed by atoms with van der Waals surface area (Å²) in [5.74, 6) is -0.278. The van der Waals surface area contributed by atoms with Gasteiger partial charge >= 0.3 is 0 Å². The Hall–Kier alpha value is -3.44. The summed E-state index contributed by atoms with van der Waals surface area (Å²) in [4.78, 5) is 27.2. The lowest BCUT2D eigenvalue weighted by atomic mass is 9.90. The van der Waals surface area contributed by atoms with Crippen LogP contribution in [-0.2, 0) is 21.6 Å². The molecule has 0 saturated heterocycles. The molecule has 0 saturated carbocycles. The lowest BCUT2D eigenvalue weighted by molar-refractivity contribution is -0.140. The molecule has 0 bridgehead atoms. The maximum atomic E-state index is 13.2. The molecular formula is C24H21NO4. The fraction of sp³-hybridized carbons (Fsp3) is 0.167. The smallest absolute Gasteiger partial charge is 0.264 e. The number of nitrogens with zero attached hydrogens (tertiary/aromatic N) is 1. The van der Waals surface area contributed by atoms with Gasteiger partial charge in [0.2, 0.25) is 0 Å². The summed E-state index contributed by atoms with van der Waals surface area (Å²) in [5, 5.41) is 11.2. The van der Waals surface area contributed by atoms with E-state index >= 15 is 0 Å². The Morgan fingerprint density at radius 2 is 1.79 bits per heavy atom. The van der Waals surface area contributed by atoms with E-state index in [2.05, 4.69) is 0 Å². The number of carbonyl (C=O) groups excluding carboxylic acids is 2. The van der Waals surface area contributed by atoms with E-state index in [0.29, 0.717) is 30.0 Å². The normalized spacial score (nSPS) is 18.4. The van der Waals surface area contributed by atoms with E-state index < -0.39 is 11.5 Å². The summed E-state index contributed by atoms with van der Waals surface area (Å²) in [6, 6.07) is 20.4. The SMILES string of the molecule is O=C(/C=C/c1ccco1)C[C@@]1(O)C(=O)N(CCc2ccccc2)c2ccccc21. The third-order valence-electron chi connectivity index (χ3n) is 5.11. The van der Waals surface area contributed by atoms with Crippen LogP contribution in [0, 0.1) is 0 Å². The van der Waals surface area contributed by atoms with Crippen LogP contribution in [0.5, 0.6) is 0 Å². The van der Waals surface area contributed by atoms with Crippen LogP contribution in [0.3, 0.4) is 0 Å². The van der Waals surface area contributed by atoms with Gasteiger partial charge in [0.25, 0.3) is 5.91 Å². The minimum absolute atomic E-state index is 0.318. The second-order valence-electron chi connectivity index (χ2n) is 7.06. The Balaban J connectivity index is 1.55. The van der Waals surface area contributed by atoms with E-state index in [1.54, 1.807) is 35.2 Å². The van der Waals surface area contributed by atoms with Crippen molar-refractivity contribution in [1.29, 1.82) is 0 Å². The molecule has 1 aromatic heterocycles. The van der Waals surface area contributed by atoms with Crippen molar-refractivity contribution in [2.24, 2.45) is 0 Å². The summed E-state index contributed by atoms with van der Waals surface area (Å²) < 4.78 is 5.17. The number of benzene rings is 2. The van der Waals surface area contributed by atoms with Crippen molar-refractivity contribution < 1.29 is 19.1 Å². The van der Waals surface area contributed by atoms with E-state index in [4.69, 9.17) is 4.42 Å². The number of hydrogen-bond donors (Lipinski definition) is 1. The molecule has 3 aromatic rings. The van der Waals surface area contributed by atoms with Crippen LogP contribution in [0.1, 0.15) is 23.3 Å². The van der Waals surface area contributed by atoms with E-state index in [-0.39, 0.29) is 12.2 Å². The highest BCUT2D eigenvalue weighted by molar-refractivity contribution is 6.10. The maximum absolute atomic E-state index is 13.2. The first-order valence-corrected chi connectivity index (χ1v) is 9.50. The first kappa shape index (κ1) is 18.9. The van der Waals surface area contributed by atoms with Crippen molar-refractivity contribution in [2.45, 2.75) is 18.4 Å². The van der Waals surface area contributed by atoms with Crippen molar-refractivity contribution in [3.8, 4) is 0 Å². The van der Waals surface area contributed by atoms with Gasteiger partial charge < -0.3 is 14.4 Å². The molecule has 1 atom stereocenters. The zero-order chi connectivity index (χ0) is 20.3. The monoisotopic (exact) mass is 387 g/mol. The third kappa shape index (κ3) is 3.77. The highest BCUT2D eigenvalue weighted by Gasteiger charge is 2.50. The molecule has 0 spiro atoms. The number of carbonyl (C=O) groups is 2. The van der Waals surface area contributed by atoms with Crippen LogP contribution in [0.25, 0.3) is 6.08 Å². The average molecular weight is 387 g/mol. The number of fused-ring (bicyclic) bond motifs is 1. The van der Waals surface area contributed by atoms with Crippen LogP contribution in [0.15, 0.2) is 83.5 Å². The Labute approximate surface area is 168 Å². The largest absolute Gasteiger partial charge is 0.465 e. The standard InChI is InChI=1S/C24H21NO4/c26-19(12-13-20-9-6-16-29-20)17-24(28)21-10-4-5-11-22(21)25(23(24)27)15-14-18-7-2-1-3-8-18/h1-13,16,28H,14-15,17H2/b13-12+/t24-/m0/s1. The van der Waals surface area contributed by atoms with E-state index in [1.807, 2.05) is 36.4 Å². The molecule has 0 unspecified atom stereocenters. The van der Waals surface area contributed by atoms with E-state index in [9.17, 15) is 14.7 Å². The van der Waals surface area contributed by atoms with Gasteiger partial charge in [-0.05, 0) is 42.3 Å². The molecule has 4 rings (SSSR count). The predicted octanol–water partition coefficient (Wildman–Crippen LogP) is 3.73. The van der Waals surface area contributed by atoms with Crippen molar-refractivity contribution in [3.63, 3.8) is 0 Å². The molecule has 2 aromatic carbocycles. The number of hydrogen-bond acceptors (Lipinski definition) is 4. The van der Waals surface area contributed by atoms with Crippen LogP contribution < -0.4 is 4.90 Å². The zero-order valence-corrected chi connectivity index (χ0v) is 15.8. The van der Waals surface area contributed by atoms with Gasteiger partial charge in [-0.2, -0.15) is 0 Å². The summed E-state index contributed by atoms with van der Waals surface area (Å²) in [6.07, 6.45) is 4.72. The summed E-state index contributed by atoms with van der Waals surface area (Å²) in [5.41, 5.74) is 0.361. The van der Waals surface area contributed by atoms with Gasteiger partial charge in [0, 0.05) is 12.1 Å². The molecule has 29 heavy (non-hydrogen) atoms. The highest BCUT2D eigenvalue weighted by Crippen LogP contribution is 2.42. The molecule has 5 heteroatoms. The molecule has 0 fully saturated rings. The van der Waals surface area contributed by atoms with Crippen LogP contribution >= 0.6 is 0 Å². The Morgan fingerprint density at radius 1 is 1.03 bits per heavy atom. The van der Waals surface area contributed by atoms with Gasteiger partial charge in [-0.3, -0.25) is 9.59 Å². The number of allylic oxidation sites excluding steroid dienone is 1. The van der Waals surface area contributed by atoms with Gasteiger partial charge in [0.05, 0.1) is 18.4 Å². The minimum Gasteiger partial charge on any atom is -0.465 e. The van der Waals surface area contributed by atoms with Gasteiger partial charge in [-0.25, -0.2) is 0 Å². The maximum Gasteiger partial charge on any atom is 0.264 e. The Bertz CT molecular complexity index is 1040. The fourth-order valence-electron chi connectivity index (χ4n) is 3.66. The van der Waals surface area contributed by atoms with Crippen LogP contribution in [0.2, 0.25) is 0 Å². The molecule has 0 aliphatic carbocycles. The van der Waals surface area contributed by atoms with Crippen molar-refractivity contribution in [3.05, 3.63) is 96.0 Å². The number of para-hydroxylation sites is 1. The third-order valence-corrected chi connectivity index (χ3v) is 5.11. The van der Waals surface area contributed by atoms with Crippen molar-refractivity contribution >= 4 is 23.5 Å². The molecular weight excluding hydrogens is 366 g/mol. The highest BCUT2D eigenvalue weighted by atomic mass is 16.3. The molecule has 2 heterocycles. The van der Waals surface area contributed by atoms with Crippen molar-refractivity contribution in [1.82, 2.24) is 0 Å². The zero-order valence-electron chi connectivity index (χ0n) is 15.8. The van der Waals surface area contributed by atoms with Gasteiger partial charge in [0.15, 0.2) is 11.4 Å². The van der Waals surface area contributed by atoms with Crippen molar-refractivity contribution in [2.75, 3.05) is 11.4 Å². The lowest BCUT2D eigenvalue weighted by Crippen LogP contribution is -2.42. The van der Waals surface area contributed by atoms with E-state index in [1.165, 1.54) is 18.4 Å².